The molecule has 2 heterocycles. The molecule has 0 saturated carbocycles. The van der Waals surface area contributed by atoms with E-state index in [1.165, 1.54) is 10.6 Å². The molecule has 0 aliphatic carbocycles. The van der Waals surface area contributed by atoms with E-state index in [1.807, 2.05) is 24.3 Å². The normalized spacial score (nSPS) is 25.2. The van der Waals surface area contributed by atoms with Crippen LogP contribution in [0, 0.1) is 0 Å². The zero-order chi connectivity index (χ0) is 21.8. The molecule has 6 heteroatoms. The molecule has 2 aromatic rings. The lowest BCUT2D eigenvalue weighted by atomic mass is 10.2. The number of benzene rings is 2. The first-order valence-corrected chi connectivity index (χ1v) is 13.2. The first kappa shape index (κ1) is 21.7. The molecule has 4 rings (SSSR count). The van der Waals surface area contributed by atoms with E-state index in [9.17, 15) is 0 Å². The molecule has 2 aromatic carbocycles. The predicted octanol–water partition coefficient (Wildman–Crippen LogP) is 5.65. The monoisotopic (exact) mass is 446 g/mol. The number of methoxy groups -OCH3 is 2. The minimum absolute atomic E-state index is 0.0336. The average molecular weight is 446 g/mol. The summed E-state index contributed by atoms with van der Waals surface area (Å²) in [5, 5.41) is 2.54. The Morgan fingerprint density at radius 3 is 1.33 bits per heavy atom. The molecule has 0 bridgehead atoms. The van der Waals surface area contributed by atoms with E-state index in [-0.39, 0.29) is 22.0 Å². The number of fused-ring (bicyclic) bond motifs is 2. The number of hydrogen-bond donors (Lipinski definition) is 0. The standard InChI is InChI=1S/C24H32O4P2/c1-23(2,3)29-19-15(25-7)11-9-13-17(19)27-21(29)22-28-18-14-10-12-16(26-8)20(18)30(22)24(4,5)6/h9-14,21-22H,1-8H3/t21-,22-,29+,30+/m0/s1. The van der Waals surface area contributed by atoms with Crippen LogP contribution < -0.4 is 29.6 Å². The first-order chi connectivity index (χ1) is 14.1. The van der Waals surface area contributed by atoms with Crippen LogP contribution in [-0.2, 0) is 0 Å². The molecular weight excluding hydrogens is 414 g/mol. The van der Waals surface area contributed by atoms with Gasteiger partial charge in [-0.1, -0.05) is 53.7 Å². The van der Waals surface area contributed by atoms with E-state index in [0.717, 1.165) is 23.0 Å². The van der Waals surface area contributed by atoms with Crippen molar-refractivity contribution in [3.8, 4) is 23.0 Å². The highest BCUT2D eigenvalue weighted by Crippen LogP contribution is 2.69. The Kier molecular flexibility index (Phi) is 5.48. The van der Waals surface area contributed by atoms with Crippen molar-refractivity contribution in [2.24, 2.45) is 0 Å². The topological polar surface area (TPSA) is 36.9 Å². The molecule has 0 saturated heterocycles. The van der Waals surface area contributed by atoms with Crippen LogP contribution in [0.5, 0.6) is 23.0 Å². The van der Waals surface area contributed by atoms with Gasteiger partial charge in [0.2, 0.25) is 0 Å². The molecule has 30 heavy (non-hydrogen) atoms. The Labute approximate surface area is 182 Å². The van der Waals surface area contributed by atoms with Gasteiger partial charge in [-0.3, -0.25) is 0 Å². The maximum atomic E-state index is 6.70. The minimum atomic E-state index is -0.690. The van der Waals surface area contributed by atoms with Crippen molar-refractivity contribution in [1.29, 1.82) is 0 Å². The van der Waals surface area contributed by atoms with Crippen LogP contribution in [0.15, 0.2) is 36.4 Å². The summed E-state index contributed by atoms with van der Waals surface area (Å²) in [5.74, 6) is 3.66. The van der Waals surface area contributed by atoms with Gasteiger partial charge in [-0.05, 0) is 50.4 Å². The SMILES string of the molecule is COc1cccc2c1[P@@](C(C)(C)C)[C@@H]([C@H]1Oc3cccc(OC)c3[P@@]1C(C)(C)C)O2. The summed E-state index contributed by atoms with van der Waals surface area (Å²) in [5.41, 5.74) is 0. The van der Waals surface area contributed by atoms with Crippen LogP contribution in [0.25, 0.3) is 0 Å². The molecule has 0 amide bonds. The lowest BCUT2D eigenvalue weighted by Crippen LogP contribution is -2.38. The summed E-state index contributed by atoms with van der Waals surface area (Å²) < 4.78 is 24.9. The fourth-order valence-electron chi connectivity index (χ4n) is 4.42. The molecule has 0 spiro atoms. The summed E-state index contributed by atoms with van der Waals surface area (Å²) in [6.07, 6.45) is 0. The molecule has 4 nitrogen and oxygen atoms in total. The van der Waals surface area contributed by atoms with Crippen molar-refractivity contribution in [2.45, 2.75) is 63.5 Å². The molecule has 0 N–H and O–H groups in total. The van der Waals surface area contributed by atoms with E-state index in [4.69, 9.17) is 18.9 Å². The third-order valence-electron chi connectivity index (χ3n) is 5.54. The lowest BCUT2D eigenvalue weighted by molar-refractivity contribution is 0.171. The minimum Gasteiger partial charge on any atom is -0.496 e. The van der Waals surface area contributed by atoms with Crippen molar-refractivity contribution in [1.82, 2.24) is 0 Å². The first-order valence-electron chi connectivity index (χ1n) is 10.3. The highest BCUT2D eigenvalue weighted by atomic mass is 31.1. The van der Waals surface area contributed by atoms with E-state index in [1.54, 1.807) is 14.2 Å². The smallest absolute Gasteiger partial charge is 0.162 e. The zero-order valence-corrected chi connectivity index (χ0v) is 20.9. The van der Waals surface area contributed by atoms with Crippen molar-refractivity contribution in [2.75, 3.05) is 14.2 Å². The van der Waals surface area contributed by atoms with E-state index >= 15 is 0 Å². The summed E-state index contributed by atoms with van der Waals surface area (Å²) >= 11 is 0. The summed E-state index contributed by atoms with van der Waals surface area (Å²) in [4.78, 5) is 0. The number of ether oxygens (including phenoxy) is 4. The lowest BCUT2D eigenvalue weighted by Gasteiger charge is -2.39. The van der Waals surface area contributed by atoms with Gasteiger partial charge >= 0.3 is 0 Å². The third-order valence-corrected chi connectivity index (χ3v) is 12.3. The van der Waals surface area contributed by atoms with Crippen LogP contribution in [0.2, 0.25) is 0 Å². The molecule has 0 fully saturated rings. The van der Waals surface area contributed by atoms with Gasteiger partial charge in [0.05, 0.1) is 24.8 Å². The van der Waals surface area contributed by atoms with Gasteiger partial charge in [0.15, 0.2) is 11.7 Å². The van der Waals surface area contributed by atoms with E-state index in [0.29, 0.717) is 0 Å². The molecule has 0 aromatic heterocycles. The van der Waals surface area contributed by atoms with Crippen molar-refractivity contribution < 1.29 is 18.9 Å². The van der Waals surface area contributed by atoms with Crippen molar-refractivity contribution >= 4 is 26.5 Å². The third kappa shape index (κ3) is 3.47. The maximum Gasteiger partial charge on any atom is 0.162 e. The Morgan fingerprint density at radius 1 is 0.667 bits per heavy atom. The van der Waals surface area contributed by atoms with Crippen molar-refractivity contribution in [3.05, 3.63) is 36.4 Å². The highest BCUT2D eigenvalue weighted by molar-refractivity contribution is 7.72. The van der Waals surface area contributed by atoms with E-state index in [2.05, 4.69) is 53.7 Å². The second kappa shape index (κ2) is 7.57. The van der Waals surface area contributed by atoms with Crippen LogP contribution in [0.4, 0.5) is 0 Å². The average Bonchev–Trinajstić information content (AvgIpc) is 3.25. The second-order valence-corrected chi connectivity index (χ2v) is 15.8. The zero-order valence-electron chi connectivity index (χ0n) is 19.1. The quantitative estimate of drug-likeness (QED) is 0.571. The molecular formula is C24H32O4P2. The number of rotatable bonds is 3. The Balaban J connectivity index is 1.85. The summed E-state index contributed by atoms with van der Waals surface area (Å²) in [6.45, 7) is 13.8. The highest BCUT2D eigenvalue weighted by Gasteiger charge is 2.55. The Morgan fingerprint density at radius 2 is 1.03 bits per heavy atom. The largest absolute Gasteiger partial charge is 0.496 e. The maximum absolute atomic E-state index is 6.70. The Hall–Kier alpha value is -1.50. The molecule has 2 aliphatic rings. The fourth-order valence-corrected chi connectivity index (χ4v) is 11.2. The molecule has 0 radical (unpaired) electrons. The molecule has 2 aliphatic heterocycles. The van der Waals surface area contributed by atoms with Gasteiger partial charge in [0, 0.05) is 0 Å². The fraction of sp³-hybridized carbons (Fsp3) is 0.500. The van der Waals surface area contributed by atoms with Crippen LogP contribution in [0.1, 0.15) is 41.5 Å². The van der Waals surface area contributed by atoms with Gasteiger partial charge in [-0.2, -0.15) is 0 Å². The van der Waals surface area contributed by atoms with Gasteiger partial charge < -0.3 is 18.9 Å². The molecule has 4 atom stereocenters. The summed E-state index contributed by atoms with van der Waals surface area (Å²) in [6, 6.07) is 12.3. The van der Waals surface area contributed by atoms with Crippen LogP contribution >= 0.6 is 15.8 Å². The Bertz CT molecular complexity index is 868. The summed E-state index contributed by atoms with van der Waals surface area (Å²) in [7, 11) is 2.11. The van der Waals surface area contributed by atoms with Crippen molar-refractivity contribution in [3.63, 3.8) is 0 Å². The predicted molar refractivity (Wildman–Crippen MR) is 127 cm³/mol. The van der Waals surface area contributed by atoms with Gasteiger partial charge in [-0.25, -0.2) is 0 Å². The second-order valence-electron chi connectivity index (χ2n) is 9.71. The van der Waals surface area contributed by atoms with Gasteiger partial charge in [0.25, 0.3) is 0 Å². The molecule has 0 unspecified atom stereocenters. The molecule has 162 valence electrons. The van der Waals surface area contributed by atoms with Gasteiger partial charge in [0.1, 0.15) is 23.0 Å². The van der Waals surface area contributed by atoms with Crippen LogP contribution in [-0.4, -0.2) is 36.2 Å². The van der Waals surface area contributed by atoms with Gasteiger partial charge in [-0.15, -0.1) is 0 Å². The van der Waals surface area contributed by atoms with Crippen LogP contribution in [0.3, 0.4) is 0 Å². The van der Waals surface area contributed by atoms with E-state index < -0.39 is 15.8 Å². The number of hydrogen-bond acceptors (Lipinski definition) is 4.